The summed E-state index contributed by atoms with van der Waals surface area (Å²) in [6, 6.07) is 2.31. The Morgan fingerprint density at radius 1 is 1.55 bits per heavy atom. The fourth-order valence-electron chi connectivity index (χ4n) is 2.86. The molecule has 1 unspecified atom stereocenters. The van der Waals surface area contributed by atoms with Crippen LogP contribution in [0.2, 0.25) is 0 Å². The van der Waals surface area contributed by atoms with Gasteiger partial charge in [-0.15, -0.1) is 0 Å². The summed E-state index contributed by atoms with van der Waals surface area (Å²) in [5.41, 5.74) is 1.58. The van der Waals surface area contributed by atoms with Crippen LogP contribution < -0.4 is 5.32 Å². The Kier molecular flexibility index (Phi) is 5.17. The van der Waals surface area contributed by atoms with E-state index >= 15 is 0 Å². The molecule has 1 aliphatic rings. The van der Waals surface area contributed by atoms with Gasteiger partial charge in [-0.05, 0) is 38.8 Å². The molecule has 1 aliphatic heterocycles. The maximum absolute atomic E-state index is 12.7. The van der Waals surface area contributed by atoms with Gasteiger partial charge >= 0.3 is 0 Å². The molecule has 1 saturated heterocycles. The molecule has 2 heterocycles. The standard InChI is InChI=1S/C15H26N4O/c1-4-9-19(11-13-7-5-6-8-16-13)15(20)14-10-12(2)17-18(14)3/h10,13,16H,4-9,11H2,1-3H3. The third-order valence-corrected chi connectivity index (χ3v) is 3.85. The number of carbonyl (C=O) groups excluding carboxylic acids is 1. The molecule has 1 N–H and O–H groups in total. The Bertz CT molecular complexity index is 449. The Labute approximate surface area is 121 Å². The number of amides is 1. The first-order chi connectivity index (χ1) is 9.61. The molecular formula is C15H26N4O. The van der Waals surface area contributed by atoms with Crippen molar-refractivity contribution in [3.63, 3.8) is 0 Å². The van der Waals surface area contributed by atoms with Crippen molar-refractivity contribution < 1.29 is 4.79 Å². The SMILES string of the molecule is CCCN(CC1CCCCN1)C(=O)c1cc(C)nn1C. The summed E-state index contributed by atoms with van der Waals surface area (Å²) in [4.78, 5) is 14.7. The zero-order valence-corrected chi connectivity index (χ0v) is 12.9. The van der Waals surface area contributed by atoms with Gasteiger partial charge in [0.25, 0.3) is 5.91 Å². The third kappa shape index (κ3) is 3.60. The first-order valence-corrected chi connectivity index (χ1v) is 7.65. The largest absolute Gasteiger partial charge is 0.336 e. The lowest BCUT2D eigenvalue weighted by Crippen LogP contribution is -2.46. The van der Waals surface area contributed by atoms with E-state index in [9.17, 15) is 4.79 Å². The highest BCUT2D eigenvalue weighted by atomic mass is 16.2. The minimum absolute atomic E-state index is 0.0994. The van der Waals surface area contributed by atoms with E-state index in [0.29, 0.717) is 11.7 Å². The van der Waals surface area contributed by atoms with Crippen molar-refractivity contribution in [2.75, 3.05) is 19.6 Å². The topological polar surface area (TPSA) is 50.2 Å². The molecule has 112 valence electrons. The second-order valence-corrected chi connectivity index (χ2v) is 5.69. The van der Waals surface area contributed by atoms with Crippen LogP contribution in [0, 0.1) is 6.92 Å². The minimum atomic E-state index is 0.0994. The highest BCUT2D eigenvalue weighted by Crippen LogP contribution is 2.12. The van der Waals surface area contributed by atoms with Crippen molar-refractivity contribution in [2.24, 2.45) is 7.05 Å². The van der Waals surface area contributed by atoms with E-state index in [1.165, 1.54) is 12.8 Å². The molecule has 0 bridgehead atoms. The maximum Gasteiger partial charge on any atom is 0.272 e. The number of nitrogens with zero attached hydrogens (tertiary/aromatic N) is 3. The lowest BCUT2D eigenvalue weighted by molar-refractivity contribution is 0.0720. The zero-order chi connectivity index (χ0) is 14.5. The zero-order valence-electron chi connectivity index (χ0n) is 12.9. The summed E-state index contributed by atoms with van der Waals surface area (Å²) in [7, 11) is 1.84. The highest BCUT2D eigenvalue weighted by molar-refractivity contribution is 5.92. The van der Waals surface area contributed by atoms with Gasteiger partial charge in [-0.2, -0.15) is 5.10 Å². The number of aryl methyl sites for hydroxylation is 2. The molecule has 20 heavy (non-hydrogen) atoms. The summed E-state index contributed by atoms with van der Waals surface area (Å²) in [6.45, 7) is 6.72. The van der Waals surface area contributed by atoms with Gasteiger partial charge in [0.15, 0.2) is 0 Å². The second kappa shape index (κ2) is 6.88. The number of hydrogen-bond donors (Lipinski definition) is 1. The number of carbonyl (C=O) groups is 1. The van der Waals surface area contributed by atoms with E-state index in [1.807, 2.05) is 24.9 Å². The first kappa shape index (κ1) is 15.0. The molecule has 1 aromatic heterocycles. The normalized spacial score (nSPS) is 19.1. The minimum Gasteiger partial charge on any atom is -0.336 e. The number of aromatic nitrogens is 2. The lowest BCUT2D eigenvalue weighted by Gasteiger charge is -2.30. The Morgan fingerprint density at radius 2 is 2.35 bits per heavy atom. The van der Waals surface area contributed by atoms with E-state index in [1.54, 1.807) is 4.68 Å². The molecule has 0 radical (unpaired) electrons. The molecule has 0 spiro atoms. The van der Waals surface area contributed by atoms with Gasteiger partial charge in [0.05, 0.1) is 5.69 Å². The Balaban J connectivity index is 2.06. The van der Waals surface area contributed by atoms with Crippen LogP contribution in [0.5, 0.6) is 0 Å². The molecule has 2 rings (SSSR count). The number of hydrogen-bond acceptors (Lipinski definition) is 3. The summed E-state index contributed by atoms with van der Waals surface area (Å²) >= 11 is 0. The van der Waals surface area contributed by atoms with Gasteiger partial charge in [-0.3, -0.25) is 9.48 Å². The molecule has 0 aliphatic carbocycles. The van der Waals surface area contributed by atoms with Gasteiger partial charge in [-0.1, -0.05) is 13.3 Å². The molecule has 1 amide bonds. The fraction of sp³-hybridized carbons (Fsp3) is 0.733. The van der Waals surface area contributed by atoms with Crippen LogP contribution in [0.15, 0.2) is 6.07 Å². The van der Waals surface area contributed by atoms with Gasteiger partial charge in [-0.25, -0.2) is 0 Å². The summed E-state index contributed by atoms with van der Waals surface area (Å²) in [5, 5.41) is 7.79. The average molecular weight is 278 g/mol. The number of nitrogens with one attached hydrogen (secondary N) is 1. The van der Waals surface area contributed by atoms with Crippen LogP contribution >= 0.6 is 0 Å². The smallest absolute Gasteiger partial charge is 0.272 e. The van der Waals surface area contributed by atoms with Gasteiger partial charge < -0.3 is 10.2 Å². The summed E-state index contributed by atoms with van der Waals surface area (Å²) in [6.07, 6.45) is 4.66. The molecule has 5 nitrogen and oxygen atoms in total. The van der Waals surface area contributed by atoms with Crippen LogP contribution in [0.4, 0.5) is 0 Å². The van der Waals surface area contributed by atoms with Gasteiger partial charge in [0.1, 0.15) is 5.69 Å². The van der Waals surface area contributed by atoms with Gasteiger partial charge in [0, 0.05) is 26.2 Å². The fourth-order valence-corrected chi connectivity index (χ4v) is 2.86. The average Bonchev–Trinajstić information content (AvgIpc) is 2.77. The highest BCUT2D eigenvalue weighted by Gasteiger charge is 2.23. The van der Waals surface area contributed by atoms with Crippen molar-refractivity contribution in [1.82, 2.24) is 20.0 Å². The van der Waals surface area contributed by atoms with Crippen LogP contribution in [0.3, 0.4) is 0 Å². The first-order valence-electron chi connectivity index (χ1n) is 7.65. The molecule has 1 atom stereocenters. The van der Waals surface area contributed by atoms with E-state index in [2.05, 4.69) is 17.3 Å². The van der Waals surface area contributed by atoms with Crippen molar-refractivity contribution in [3.8, 4) is 0 Å². The van der Waals surface area contributed by atoms with Crippen molar-refractivity contribution in [3.05, 3.63) is 17.5 Å². The van der Waals surface area contributed by atoms with Crippen molar-refractivity contribution in [2.45, 2.75) is 45.6 Å². The summed E-state index contributed by atoms with van der Waals surface area (Å²) < 4.78 is 1.69. The molecule has 0 aromatic carbocycles. The molecule has 1 aromatic rings. The van der Waals surface area contributed by atoms with Crippen LogP contribution in [0.1, 0.15) is 48.8 Å². The van der Waals surface area contributed by atoms with E-state index in [4.69, 9.17) is 0 Å². The van der Waals surface area contributed by atoms with Crippen LogP contribution in [0.25, 0.3) is 0 Å². The van der Waals surface area contributed by atoms with Crippen molar-refractivity contribution in [1.29, 1.82) is 0 Å². The van der Waals surface area contributed by atoms with E-state index < -0.39 is 0 Å². The molecule has 5 heteroatoms. The van der Waals surface area contributed by atoms with E-state index in [-0.39, 0.29) is 5.91 Å². The van der Waals surface area contributed by atoms with E-state index in [0.717, 1.165) is 38.2 Å². The summed E-state index contributed by atoms with van der Waals surface area (Å²) in [5.74, 6) is 0.0994. The predicted octanol–water partition coefficient (Wildman–Crippen LogP) is 1.72. The van der Waals surface area contributed by atoms with Gasteiger partial charge in [0.2, 0.25) is 0 Å². The predicted molar refractivity (Wildman–Crippen MR) is 79.8 cm³/mol. The van der Waals surface area contributed by atoms with Crippen molar-refractivity contribution >= 4 is 5.91 Å². The monoisotopic (exact) mass is 278 g/mol. The maximum atomic E-state index is 12.7. The second-order valence-electron chi connectivity index (χ2n) is 5.69. The lowest BCUT2D eigenvalue weighted by atomic mass is 10.0. The number of rotatable bonds is 5. The van der Waals surface area contributed by atoms with Crippen LogP contribution in [-0.2, 0) is 7.05 Å². The third-order valence-electron chi connectivity index (χ3n) is 3.85. The quantitative estimate of drug-likeness (QED) is 0.892. The molecule has 1 fully saturated rings. The molecular weight excluding hydrogens is 252 g/mol. The molecule has 0 saturated carbocycles. The van der Waals surface area contributed by atoms with Crippen LogP contribution in [-0.4, -0.2) is 46.3 Å². The number of piperidine rings is 1. The Hall–Kier alpha value is -1.36. The Morgan fingerprint density at radius 3 is 2.90 bits per heavy atom.